The van der Waals surface area contributed by atoms with Gasteiger partial charge in [-0.05, 0) is 67.1 Å². The molecule has 8 nitrogen and oxygen atoms in total. The van der Waals surface area contributed by atoms with E-state index < -0.39 is 24.3 Å². The molecule has 0 atom stereocenters. The van der Waals surface area contributed by atoms with Crippen LogP contribution in [0.15, 0.2) is 75.8 Å². The molecule has 0 fully saturated rings. The molecule has 0 aliphatic heterocycles. The van der Waals surface area contributed by atoms with Gasteiger partial charge in [-0.15, -0.1) is 0 Å². The third-order valence-electron chi connectivity index (χ3n) is 4.39. The number of hydrogen-bond donors (Lipinski definition) is 1. The first-order chi connectivity index (χ1) is 15.9. The summed E-state index contributed by atoms with van der Waals surface area (Å²) in [6.45, 7) is -0.421. The molecule has 170 valence electrons. The second-order valence-electron chi connectivity index (χ2n) is 6.88. The number of carbonyl (C=O) groups excluding carboxylic acids is 4. The summed E-state index contributed by atoms with van der Waals surface area (Å²) < 4.78 is 16.0. The Balaban J connectivity index is 1.35. The van der Waals surface area contributed by atoms with Crippen molar-refractivity contribution in [3.8, 4) is 5.75 Å². The highest BCUT2D eigenvalue weighted by Crippen LogP contribution is 2.16. The van der Waals surface area contributed by atoms with Gasteiger partial charge in [-0.3, -0.25) is 14.4 Å². The van der Waals surface area contributed by atoms with Crippen molar-refractivity contribution in [1.82, 2.24) is 0 Å². The van der Waals surface area contributed by atoms with Crippen LogP contribution < -0.4 is 10.1 Å². The molecule has 3 aromatic rings. The number of ketones is 1. The number of halogens is 1. The average Bonchev–Trinajstić information content (AvgIpc) is 3.35. The molecule has 1 N–H and O–H groups in total. The summed E-state index contributed by atoms with van der Waals surface area (Å²) in [6.07, 6.45) is 1.82. The third-order valence-corrected chi connectivity index (χ3v) is 4.91. The fourth-order valence-electron chi connectivity index (χ4n) is 2.71. The Morgan fingerprint density at radius 3 is 2.30 bits per heavy atom. The number of benzene rings is 2. The Kier molecular flexibility index (Phi) is 8.54. The van der Waals surface area contributed by atoms with Crippen molar-refractivity contribution in [2.45, 2.75) is 19.3 Å². The van der Waals surface area contributed by atoms with Gasteiger partial charge in [0.05, 0.1) is 6.26 Å². The number of rotatable bonds is 10. The summed E-state index contributed by atoms with van der Waals surface area (Å²) in [4.78, 5) is 47.8. The first-order valence-corrected chi connectivity index (χ1v) is 10.8. The van der Waals surface area contributed by atoms with E-state index in [1.54, 1.807) is 18.2 Å². The van der Waals surface area contributed by atoms with Crippen molar-refractivity contribution < 1.29 is 33.1 Å². The predicted molar refractivity (Wildman–Crippen MR) is 122 cm³/mol. The Morgan fingerprint density at radius 1 is 0.909 bits per heavy atom. The lowest BCUT2D eigenvalue weighted by atomic mass is 10.1. The van der Waals surface area contributed by atoms with Crippen LogP contribution in [0.1, 0.15) is 40.2 Å². The standard InChI is InChI=1S/C24H20BrNO7/c25-17-8-10-18(11-9-17)26-22(28)4-1-5-23(29)32-15-20(27)16-6-12-19(13-7-16)33-24(30)21-3-2-14-31-21/h2-3,6-14H,1,4-5,15H2,(H,26,28). The van der Waals surface area contributed by atoms with Crippen LogP contribution in [0.4, 0.5) is 5.69 Å². The van der Waals surface area contributed by atoms with Crippen molar-refractivity contribution in [1.29, 1.82) is 0 Å². The Morgan fingerprint density at radius 2 is 1.64 bits per heavy atom. The topological polar surface area (TPSA) is 112 Å². The molecule has 2 aromatic carbocycles. The number of ether oxygens (including phenoxy) is 2. The lowest BCUT2D eigenvalue weighted by Crippen LogP contribution is -2.15. The fraction of sp³-hybridized carbons (Fsp3) is 0.167. The summed E-state index contributed by atoms with van der Waals surface area (Å²) >= 11 is 3.32. The Hall–Kier alpha value is -3.72. The summed E-state index contributed by atoms with van der Waals surface area (Å²) in [7, 11) is 0. The minimum atomic E-state index is -0.654. The van der Waals surface area contributed by atoms with E-state index in [0.29, 0.717) is 17.7 Å². The molecule has 0 spiro atoms. The van der Waals surface area contributed by atoms with E-state index in [9.17, 15) is 19.2 Å². The molecule has 1 amide bonds. The zero-order chi connectivity index (χ0) is 23.6. The van der Waals surface area contributed by atoms with Gasteiger partial charge in [0.2, 0.25) is 11.7 Å². The molecule has 1 aromatic heterocycles. The van der Waals surface area contributed by atoms with Crippen LogP contribution in [-0.2, 0) is 14.3 Å². The van der Waals surface area contributed by atoms with Gasteiger partial charge in [0.1, 0.15) is 5.75 Å². The maximum Gasteiger partial charge on any atom is 0.379 e. The number of carbonyl (C=O) groups is 4. The summed E-state index contributed by atoms with van der Waals surface area (Å²) in [6, 6.07) is 16.0. The fourth-order valence-corrected chi connectivity index (χ4v) is 2.98. The van der Waals surface area contributed by atoms with E-state index in [-0.39, 0.29) is 30.3 Å². The minimum absolute atomic E-state index is 0.0166. The van der Waals surface area contributed by atoms with E-state index in [4.69, 9.17) is 13.9 Å². The van der Waals surface area contributed by atoms with Gasteiger partial charge < -0.3 is 19.2 Å². The summed E-state index contributed by atoms with van der Waals surface area (Å²) in [5.41, 5.74) is 0.965. The molecular formula is C24H20BrNO7. The Labute approximate surface area is 198 Å². The van der Waals surface area contributed by atoms with Crippen molar-refractivity contribution in [3.05, 3.63) is 82.7 Å². The van der Waals surface area contributed by atoms with Crippen LogP contribution in [0, 0.1) is 0 Å². The van der Waals surface area contributed by atoms with Crippen LogP contribution in [-0.4, -0.2) is 30.2 Å². The van der Waals surface area contributed by atoms with Crippen molar-refractivity contribution in [3.63, 3.8) is 0 Å². The first kappa shape index (κ1) is 23.9. The summed E-state index contributed by atoms with van der Waals surface area (Å²) in [5, 5.41) is 2.74. The second kappa shape index (κ2) is 11.8. The molecule has 33 heavy (non-hydrogen) atoms. The third kappa shape index (κ3) is 7.73. The molecule has 0 unspecified atom stereocenters. The van der Waals surface area contributed by atoms with Gasteiger partial charge in [0.15, 0.2) is 12.4 Å². The monoisotopic (exact) mass is 513 g/mol. The van der Waals surface area contributed by atoms with Crippen LogP contribution in [0.5, 0.6) is 5.75 Å². The maximum atomic E-state index is 12.2. The van der Waals surface area contributed by atoms with E-state index in [2.05, 4.69) is 21.2 Å². The normalized spacial score (nSPS) is 10.3. The molecule has 0 saturated heterocycles. The summed E-state index contributed by atoms with van der Waals surface area (Å²) in [5.74, 6) is -1.53. The SMILES string of the molecule is O=C(CCCC(=O)OCC(=O)c1ccc(OC(=O)c2ccco2)cc1)Nc1ccc(Br)cc1. The number of amides is 1. The lowest BCUT2D eigenvalue weighted by Gasteiger charge is -2.07. The number of furan rings is 1. The smallest absolute Gasteiger partial charge is 0.379 e. The van der Waals surface area contributed by atoms with Gasteiger partial charge >= 0.3 is 11.9 Å². The molecular weight excluding hydrogens is 494 g/mol. The molecule has 9 heteroatoms. The van der Waals surface area contributed by atoms with Gasteiger partial charge in [-0.25, -0.2) is 4.79 Å². The van der Waals surface area contributed by atoms with E-state index in [1.165, 1.54) is 36.6 Å². The number of anilines is 1. The number of hydrogen-bond acceptors (Lipinski definition) is 7. The van der Waals surface area contributed by atoms with Crippen molar-refractivity contribution in [2.75, 3.05) is 11.9 Å². The van der Waals surface area contributed by atoms with Crippen LogP contribution in [0.25, 0.3) is 0 Å². The highest BCUT2D eigenvalue weighted by molar-refractivity contribution is 9.10. The molecule has 3 rings (SSSR count). The van der Waals surface area contributed by atoms with Crippen LogP contribution >= 0.6 is 15.9 Å². The highest BCUT2D eigenvalue weighted by atomic mass is 79.9. The zero-order valence-corrected chi connectivity index (χ0v) is 19.0. The maximum absolute atomic E-state index is 12.2. The molecule has 0 bridgehead atoms. The zero-order valence-electron chi connectivity index (χ0n) is 17.4. The second-order valence-corrected chi connectivity index (χ2v) is 7.80. The molecule has 1 heterocycles. The van der Waals surface area contributed by atoms with Gasteiger partial charge in [0.25, 0.3) is 0 Å². The van der Waals surface area contributed by atoms with E-state index in [1.807, 2.05) is 12.1 Å². The molecule has 0 radical (unpaired) electrons. The lowest BCUT2D eigenvalue weighted by molar-refractivity contribution is -0.142. The van der Waals surface area contributed by atoms with Crippen molar-refractivity contribution in [2.24, 2.45) is 0 Å². The number of esters is 2. The number of Topliss-reactive ketones (excluding diaryl/α,β-unsaturated/α-hetero) is 1. The highest BCUT2D eigenvalue weighted by Gasteiger charge is 2.14. The molecule has 0 aliphatic carbocycles. The first-order valence-electron chi connectivity index (χ1n) is 10.0. The average molecular weight is 514 g/mol. The predicted octanol–water partition coefficient (Wildman–Crippen LogP) is 4.80. The molecule has 0 saturated carbocycles. The van der Waals surface area contributed by atoms with E-state index >= 15 is 0 Å². The van der Waals surface area contributed by atoms with Gasteiger partial charge in [0, 0.05) is 28.6 Å². The quantitative estimate of drug-likeness (QED) is 0.235. The van der Waals surface area contributed by atoms with E-state index in [0.717, 1.165) is 4.47 Å². The Bertz CT molecular complexity index is 1110. The largest absolute Gasteiger partial charge is 0.457 e. The van der Waals surface area contributed by atoms with Crippen LogP contribution in [0.3, 0.4) is 0 Å². The van der Waals surface area contributed by atoms with Crippen molar-refractivity contribution >= 4 is 45.2 Å². The number of nitrogens with one attached hydrogen (secondary N) is 1. The van der Waals surface area contributed by atoms with Crippen LogP contribution in [0.2, 0.25) is 0 Å². The van der Waals surface area contributed by atoms with Gasteiger partial charge in [-0.1, -0.05) is 15.9 Å². The molecule has 0 aliphatic rings. The minimum Gasteiger partial charge on any atom is -0.457 e. The van der Waals surface area contributed by atoms with Gasteiger partial charge in [-0.2, -0.15) is 0 Å².